The molecular formula is C7H6BrF3N2. The third kappa shape index (κ3) is 2.00. The molecule has 2 nitrogen and oxygen atoms in total. The monoisotopic (exact) mass is 254 g/mol. The summed E-state index contributed by atoms with van der Waals surface area (Å²) in [5.74, 6) is -0.821. The Morgan fingerprint density at radius 1 is 1.54 bits per heavy atom. The van der Waals surface area contributed by atoms with E-state index in [2.05, 4.69) is 20.9 Å². The van der Waals surface area contributed by atoms with Crippen LogP contribution in [0.4, 0.5) is 13.2 Å². The van der Waals surface area contributed by atoms with Crippen LogP contribution in [0.25, 0.3) is 0 Å². The van der Waals surface area contributed by atoms with Gasteiger partial charge in [0.15, 0.2) is 0 Å². The highest BCUT2D eigenvalue weighted by molar-refractivity contribution is 9.10. The minimum absolute atomic E-state index is 0.00231. The molecule has 0 saturated heterocycles. The van der Waals surface area contributed by atoms with Crippen molar-refractivity contribution < 1.29 is 13.2 Å². The van der Waals surface area contributed by atoms with Crippen molar-refractivity contribution in [2.24, 2.45) is 5.73 Å². The van der Waals surface area contributed by atoms with Gasteiger partial charge in [0, 0.05) is 22.8 Å². The minimum Gasteiger partial charge on any atom is -0.326 e. The van der Waals surface area contributed by atoms with Crippen molar-refractivity contribution in [3.8, 4) is 0 Å². The summed E-state index contributed by atoms with van der Waals surface area (Å²) in [4.78, 5) is 3.18. The van der Waals surface area contributed by atoms with E-state index >= 15 is 0 Å². The molecule has 0 spiro atoms. The quantitative estimate of drug-likeness (QED) is 0.824. The molecule has 0 aliphatic carbocycles. The molecule has 72 valence electrons. The third-order valence-electron chi connectivity index (χ3n) is 1.52. The molecule has 0 unspecified atom stereocenters. The fourth-order valence-corrected chi connectivity index (χ4v) is 1.45. The van der Waals surface area contributed by atoms with Crippen LogP contribution < -0.4 is 5.73 Å². The van der Waals surface area contributed by atoms with E-state index in [4.69, 9.17) is 5.73 Å². The van der Waals surface area contributed by atoms with Crippen molar-refractivity contribution in [3.05, 3.63) is 27.7 Å². The van der Waals surface area contributed by atoms with Crippen LogP contribution in [0.2, 0.25) is 0 Å². The van der Waals surface area contributed by atoms with Gasteiger partial charge in [-0.1, -0.05) is 0 Å². The number of hydrogen-bond donors (Lipinski definition) is 1. The van der Waals surface area contributed by atoms with Crippen molar-refractivity contribution in [2.45, 2.75) is 13.0 Å². The van der Waals surface area contributed by atoms with Gasteiger partial charge in [0.2, 0.25) is 5.95 Å². The predicted molar refractivity (Wildman–Crippen MR) is 44.7 cm³/mol. The second-order valence-corrected chi connectivity index (χ2v) is 3.09. The van der Waals surface area contributed by atoms with E-state index in [1.807, 2.05) is 0 Å². The van der Waals surface area contributed by atoms with Crippen LogP contribution in [-0.2, 0) is 6.54 Å². The standard InChI is InChI=1S/C7H6BrF3N2/c8-5-3(1-12)7(11)13-2-4(5)6(9)10/h2,6H,1,12H2. The lowest BCUT2D eigenvalue weighted by Gasteiger charge is -2.07. The van der Waals surface area contributed by atoms with Crippen LogP contribution in [0.15, 0.2) is 10.7 Å². The Morgan fingerprint density at radius 3 is 2.62 bits per heavy atom. The lowest BCUT2D eigenvalue weighted by molar-refractivity contribution is 0.149. The van der Waals surface area contributed by atoms with Gasteiger partial charge >= 0.3 is 0 Å². The van der Waals surface area contributed by atoms with E-state index in [0.29, 0.717) is 0 Å². The third-order valence-corrected chi connectivity index (χ3v) is 2.46. The molecule has 0 radical (unpaired) electrons. The van der Waals surface area contributed by atoms with Gasteiger partial charge in [0.25, 0.3) is 6.43 Å². The highest BCUT2D eigenvalue weighted by Crippen LogP contribution is 2.30. The Morgan fingerprint density at radius 2 is 2.15 bits per heavy atom. The zero-order valence-corrected chi connectivity index (χ0v) is 7.98. The second-order valence-electron chi connectivity index (χ2n) is 2.30. The number of nitrogens with zero attached hydrogens (tertiary/aromatic N) is 1. The van der Waals surface area contributed by atoms with Crippen LogP contribution in [0.1, 0.15) is 17.6 Å². The molecule has 13 heavy (non-hydrogen) atoms. The van der Waals surface area contributed by atoms with Crippen LogP contribution in [0.3, 0.4) is 0 Å². The number of aromatic nitrogens is 1. The average molecular weight is 255 g/mol. The minimum atomic E-state index is -2.69. The van der Waals surface area contributed by atoms with Gasteiger partial charge in [-0.15, -0.1) is 0 Å². The van der Waals surface area contributed by atoms with Gasteiger partial charge in [0.05, 0.1) is 5.56 Å². The van der Waals surface area contributed by atoms with Gasteiger partial charge in [-0.25, -0.2) is 13.8 Å². The fourth-order valence-electron chi connectivity index (χ4n) is 0.852. The highest BCUT2D eigenvalue weighted by atomic mass is 79.9. The maximum Gasteiger partial charge on any atom is 0.266 e. The topological polar surface area (TPSA) is 38.9 Å². The SMILES string of the molecule is NCc1c(F)ncc(C(F)F)c1Br. The summed E-state index contributed by atoms with van der Waals surface area (Å²) < 4.78 is 37.3. The van der Waals surface area contributed by atoms with Crippen molar-refractivity contribution in [1.82, 2.24) is 4.98 Å². The summed E-state index contributed by atoms with van der Waals surface area (Å²) in [6.07, 6.45) is -1.89. The van der Waals surface area contributed by atoms with Crippen molar-refractivity contribution in [2.75, 3.05) is 0 Å². The lowest BCUT2D eigenvalue weighted by Crippen LogP contribution is -2.05. The molecule has 0 aliphatic rings. The first kappa shape index (κ1) is 10.5. The number of halogens is 4. The first-order chi connectivity index (χ1) is 6.07. The van der Waals surface area contributed by atoms with Crippen LogP contribution in [0.5, 0.6) is 0 Å². The van der Waals surface area contributed by atoms with E-state index in [-0.39, 0.29) is 22.1 Å². The molecule has 0 atom stereocenters. The summed E-state index contributed by atoms with van der Waals surface area (Å²) in [5.41, 5.74) is 4.79. The molecule has 0 bridgehead atoms. The Labute approximate surface area is 81.1 Å². The summed E-state index contributed by atoms with van der Waals surface area (Å²) in [7, 11) is 0. The number of nitrogens with two attached hydrogens (primary N) is 1. The van der Waals surface area contributed by atoms with Crippen LogP contribution in [0, 0.1) is 5.95 Å². The molecular weight excluding hydrogens is 249 g/mol. The van der Waals surface area contributed by atoms with E-state index in [1.54, 1.807) is 0 Å². The summed E-state index contributed by atoms with van der Waals surface area (Å²) in [5, 5.41) is 0. The number of pyridine rings is 1. The summed E-state index contributed by atoms with van der Waals surface area (Å²) in [6.45, 7) is -0.167. The van der Waals surface area contributed by atoms with Gasteiger partial charge in [-0.05, 0) is 15.9 Å². The maximum atomic E-state index is 12.8. The first-order valence-corrected chi connectivity index (χ1v) is 4.18. The molecule has 1 aromatic heterocycles. The zero-order valence-electron chi connectivity index (χ0n) is 6.40. The van der Waals surface area contributed by atoms with E-state index in [9.17, 15) is 13.2 Å². The second kappa shape index (κ2) is 4.06. The number of rotatable bonds is 2. The molecule has 1 rings (SSSR count). The van der Waals surface area contributed by atoms with Crippen molar-refractivity contribution in [1.29, 1.82) is 0 Å². The molecule has 0 aromatic carbocycles. The zero-order chi connectivity index (χ0) is 10.0. The Kier molecular flexibility index (Phi) is 3.27. The average Bonchev–Trinajstić information content (AvgIpc) is 2.04. The highest BCUT2D eigenvalue weighted by Gasteiger charge is 2.17. The van der Waals surface area contributed by atoms with E-state index in [0.717, 1.165) is 6.20 Å². The smallest absolute Gasteiger partial charge is 0.266 e. The Hall–Kier alpha value is -0.620. The molecule has 0 saturated carbocycles. The van der Waals surface area contributed by atoms with E-state index < -0.39 is 12.4 Å². The molecule has 0 amide bonds. The Bertz CT molecular complexity index is 317. The maximum absolute atomic E-state index is 12.8. The van der Waals surface area contributed by atoms with Crippen LogP contribution >= 0.6 is 15.9 Å². The van der Waals surface area contributed by atoms with Crippen LogP contribution in [-0.4, -0.2) is 4.98 Å². The number of alkyl halides is 2. The molecule has 2 N–H and O–H groups in total. The summed E-state index contributed by atoms with van der Waals surface area (Å²) in [6, 6.07) is 0. The fraction of sp³-hybridized carbons (Fsp3) is 0.286. The van der Waals surface area contributed by atoms with E-state index in [1.165, 1.54) is 0 Å². The molecule has 0 fully saturated rings. The molecule has 6 heteroatoms. The van der Waals surface area contributed by atoms with Gasteiger partial charge in [-0.3, -0.25) is 0 Å². The first-order valence-electron chi connectivity index (χ1n) is 3.39. The molecule has 0 aliphatic heterocycles. The van der Waals surface area contributed by atoms with Gasteiger partial charge in [-0.2, -0.15) is 4.39 Å². The summed E-state index contributed by atoms with van der Waals surface area (Å²) >= 11 is 2.85. The predicted octanol–water partition coefficient (Wildman–Crippen LogP) is 2.38. The molecule has 1 heterocycles. The molecule has 1 aromatic rings. The van der Waals surface area contributed by atoms with Crippen molar-refractivity contribution >= 4 is 15.9 Å². The number of hydrogen-bond acceptors (Lipinski definition) is 2. The van der Waals surface area contributed by atoms with Gasteiger partial charge in [0.1, 0.15) is 0 Å². The normalized spacial score (nSPS) is 10.9. The lowest BCUT2D eigenvalue weighted by atomic mass is 10.2. The van der Waals surface area contributed by atoms with Crippen molar-refractivity contribution in [3.63, 3.8) is 0 Å². The van der Waals surface area contributed by atoms with Gasteiger partial charge < -0.3 is 5.73 Å². The Balaban J connectivity index is 3.27. The largest absolute Gasteiger partial charge is 0.326 e.